The van der Waals surface area contributed by atoms with Crippen molar-refractivity contribution in [3.8, 4) is 0 Å². The number of aromatic nitrogens is 2. The second-order valence-electron chi connectivity index (χ2n) is 4.46. The van der Waals surface area contributed by atoms with E-state index in [0.29, 0.717) is 0 Å². The van der Waals surface area contributed by atoms with Crippen LogP contribution in [0.15, 0.2) is 24.4 Å². The molecule has 0 spiro atoms. The minimum absolute atomic E-state index is 0.0705. The van der Waals surface area contributed by atoms with Crippen LogP contribution in [0.2, 0.25) is 0 Å². The molecule has 1 aliphatic heterocycles. The lowest BCUT2D eigenvalue weighted by atomic mass is 10.1. The second-order valence-corrected chi connectivity index (χ2v) is 4.46. The Balaban J connectivity index is 1.99. The molecule has 90 valence electrons. The Labute approximate surface area is 99.8 Å². The summed E-state index contributed by atoms with van der Waals surface area (Å²) < 4.78 is 7.69. The maximum Gasteiger partial charge on any atom is 0.150 e. The van der Waals surface area contributed by atoms with Gasteiger partial charge in [0.15, 0.2) is 6.23 Å². The highest BCUT2D eigenvalue weighted by Crippen LogP contribution is 2.26. The molecule has 1 aliphatic rings. The Bertz CT molecular complexity index is 515. The number of ether oxygens (including phenoxy) is 1. The zero-order valence-corrected chi connectivity index (χ0v) is 9.67. The minimum Gasteiger partial charge on any atom is -0.392 e. The quantitative estimate of drug-likeness (QED) is 0.863. The molecule has 0 saturated carbocycles. The van der Waals surface area contributed by atoms with E-state index in [1.807, 2.05) is 29.1 Å². The third-order valence-corrected chi connectivity index (χ3v) is 3.27. The van der Waals surface area contributed by atoms with Crippen LogP contribution in [0.3, 0.4) is 0 Å². The fraction of sp³-hybridized carbons (Fsp3) is 0.462. The van der Waals surface area contributed by atoms with Crippen molar-refractivity contribution in [3.05, 3.63) is 30.0 Å². The van der Waals surface area contributed by atoms with Gasteiger partial charge in [-0.3, -0.25) is 0 Å². The number of fused-ring (bicyclic) bond motifs is 1. The molecule has 1 unspecified atom stereocenters. The molecule has 0 radical (unpaired) electrons. The highest BCUT2D eigenvalue weighted by Gasteiger charge is 2.18. The van der Waals surface area contributed by atoms with E-state index in [0.717, 1.165) is 35.9 Å². The van der Waals surface area contributed by atoms with E-state index in [4.69, 9.17) is 9.84 Å². The number of hydrogen-bond donors (Lipinski definition) is 1. The predicted molar refractivity (Wildman–Crippen MR) is 64.5 cm³/mol. The highest BCUT2D eigenvalue weighted by atomic mass is 16.5. The first-order valence-electron chi connectivity index (χ1n) is 6.07. The molecular formula is C13H16N2O2. The topological polar surface area (TPSA) is 47.3 Å². The Morgan fingerprint density at radius 3 is 3.12 bits per heavy atom. The van der Waals surface area contributed by atoms with Crippen molar-refractivity contribution in [1.82, 2.24) is 9.78 Å². The zero-order chi connectivity index (χ0) is 11.7. The zero-order valence-electron chi connectivity index (χ0n) is 9.67. The van der Waals surface area contributed by atoms with Crippen LogP contribution in [0.4, 0.5) is 0 Å². The highest BCUT2D eigenvalue weighted by molar-refractivity contribution is 5.79. The molecule has 0 aliphatic carbocycles. The van der Waals surface area contributed by atoms with Crippen LogP contribution in [0.5, 0.6) is 0 Å². The standard InChI is InChI=1S/C13H16N2O2/c16-9-10-4-5-12-11(7-10)8-14-15(12)13-3-1-2-6-17-13/h4-5,7-8,13,16H,1-3,6,9H2. The van der Waals surface area contributed by atoms with Crippen LogP contribution in [0.1, 0.15) is 31.1 Å². The van der Waals surface area contributed by atoms with Crippen LogP contribution in [0.25, 0.3) is 10.9 Å². The number of aliphatic hydroxyl groups is 1. The van der Waals surface area contributed by atoms with Gasteiger partial charge in [-0.2, -0.15) is 5.10 Å². The molecule has 1 N–H and O–H groups in total. The Hall–Kier alpha value is -1.39. The van der Waals surface area contributed by atoms with E-state index in [1.54, 1.807) is 0 Å². The van der Waals surface area contributed by atoms with Crippen molar-refractivity contribution in [3.63, 3.8) is 0 Å². The summed E-state index contributed by atoms with van der Waals surface area (Å²) in [6.07, 6.45) is 5.28. The van der Waals surface area contributed by atoms with Gasteiger partial charge in [0.05, 0.1) is 18.3 Å². The van der Waals surface area contributed by atoms with Gasteiger partial charge in [0.1, 0.15) is 0 Å². The summed E-state index contributed by atoms with van der Waals surface area (Å²) in [6.45, 7) is 0.891. The first-order chi connectivity index (χ1) is 8.38. The van der Waals surface area contributed by atoms with Gasteiger partial charge in [0.25, 0.3) is 0 Å². The summed E-state index contributed by atoms with van der Waals surface area (Å²) in [5.74, 6) is 0. The number of nitrogens with zero attached hydrogens (tertiary/aromatic N) is 2. The molecular weight excluding hydrogens is 216 g/mol. The molecule has 1 fully saturated rings. The monoisotopic (exact) mass is 232 g/mol. The molecule has 4 heteroatoms. The van der Waals surface area contributed by atoms with Gasteiger partial charge in [-0.05, 0) is 37.0 Å². The largest absolute Gasteiger partial charge is 0.392 e. The predicted octanol–water partition coefficient (Wildman–Crippen LogP) is 2.23. The Kier molecular flexibility index (Phi) is 2.82. The van der Waals surface area contributed by atoms with Crippen molar-refractivity contribution in [2.45, 2.75) is 32.1 Å². The van der Waals surface area contributed by atoms with Gasteiger partial charge in [0.2, 0.25) is 0 Å². The first-order valence-corrected chi connectivity index (χ1v) is 6.07. The van der Waals surface area contributed by atoms with E-state index in [-0.39, 0.29) is 12.8 Å². The Morgan fingerprint density at radius 1 is 1.41 bits per heavy atom. The average Bonchev–Trinajstić information content (AvgIpc) is 2.82. The van der Waals surface area contributed by atoms with Gasteiger partial charge < -0.3 is 9.84 Å². The van der Waals surface area contributed by atoms with Crippen LogP contribution in [-0.4, -0.2) is 21.5 Å². The smallest absolute Gasteiger partial charge is 0.150 e. The molecule has 2 heterocycles. The molecule has 0 bridgehead atoms. The van der Waals surface area contributed by atoms with E-state index >= 15 is 0 Å². The van der Waals surface area contributed by atoms with Gasteiger partial charge in [0, 0.05) is 12.0 Å². The fourth-order valence-electron chi connectivity index (χ4n) is 2.35. The number of rotatable bonds is 2. The molecule has 4 nitrogen and oxygen atoms in total. The summed E-state index contributed by atoms with van der Waals surface area (Å²) in [7, 11) is 0. The van der Waals surface area contributed by atoms with E-state index in [1.165, 1.54) is 6.42 Å². The first kappa shape index (κ1) is 10.7. The van der Waals surface area contributed by atoms with Crippen molar-refractivity contribution >= 4 is 10.9 Å². The lowest BCUT2D eigenvalue weighted by molar-refractivity contribution is -0.0366. The summed E-state index contributed by atoms with van der Waals surface area (Å²) in [4.78, 5) is 0. The van der Waals surface area contributed by atoms with Gasteiger partial charge in [-0.15, -0.1) is 0 Å². The van der Waals surface area contributed by atoms with Crippen LogP contribution in [-0.2, 0) is 11.3 Å². The number of benzene rings is 1. The molecule has 2 aromatic rings. The number of aliphatic hydroxyl groups excluding tert-OH is 1. The lowest BCUT2D eigenvalue weighted by Crippen LogP contribution is -2.18. The average molecular weight is 232 g/mol. The van der Waals surface area contributed by atoms with Crippen molar-refractivity contribution in [2.75, 3.05) is 6.61 Å². The minimum atomic E-state index is 0.0705. The molecule has 1 aromatic heterocycles. The van der Waals surface area contributed by atoms with Crippen molar-refractivity contribution in [1.29, 1.82) is 0 Å². The second kappa shape index (κ2) is 4.47. The van der Waals surface area contributed by atoms with Gasteiger partial charge >= 0.3 is 0 Å². The van der Waals surface area contributed by atoms with Crippen LogP contribution >= 0.6 is 0 Å². The van der Waals surface area contributed by atoms with Crippen molar-refractivity contribution < 1.29 is 9.84 Å². The molecule has 3 rings (SSSR count). The normalized spacial score (nSPS) is 20.9. The summed E-state index contributed by atoms with van der Waals surface area (Å²) in [6, 6.07) is 5.91. The lowest BCUT2D eigenvalue weighted by Gasteiger charge is -2.23. The van der Waals surface area contributed by atoms with Gasteiger partial charge in [-0.1, -0.05) is 6.07 Å². The fourth-order valence-corrected chi connectivity index (χ4v) is 2.35. The maximum atomic E-state index is 9.10. The summed E-state index contributed by atoms with van der Waals surface area (Å²) in [5.41, 5.74) is 2.00. The number of hydrogen-bond acceptors (Lipinski definition) is 3. The third kappa shape index (κ3) is 1.94. The molecule has 0 amide bonds. The summed E-state index contributed by atoms with van der Waals surface area (Å²) in [5, 5.41) is 14.6. The Morgan fingerprint density at radius 2 is 2.35 bits per heavy atom. The van der Waals surface area contributed by atoms with E-state index in [9.17, 15) is 0 Å². The molecule has 1 saturated heterocycles. The molecule has 17 heavy (non-hydrogen) atoms. The third-order valence-electron chi connectivity index (χ3n) is 3.27. The van der Waals surface area contributed by atoms with Gasteiger partial charge in [-0.25, -0.2) is 4.68 Å². The molecule has 1 atom stereocenters. The van der Waals surface area contributed by atoms with E-state index in [2.05, 4.69) is 5.10 Å². The molecule has 1 aromatic carbocycles. The maximum absolute atomic E-state index is 9.10. The van der Waals surface area contributed by atoms with E-state index < -0.39 is 0 Å². The van der Waals surface area contributed by atoms with Crippen LogP contribution < -0.4 is 0 Å². The SMILES string of the molecule is OCc1ccc2c(cnn2C2CCCCO2)c1. The van der Waals surface area contributed by atoms with Crippen molar-refractivity contribution in [2.24, 2.45) is 0 Å². The summed E-state index contributed by atoms with van der Waals surface area (Å²) >= 11 is 0. The van der Waals surface area contributed by atoms with Crippen LogP contribution in [0, 0.1) is 0 Å².